The van der Waals surface area contributed by atoms with Crippen molar-refractivity contribution in [2.45, 2.75) is 0 Å². The van der Waals surface area contributed by atoms with E-state index in [1.807, 2.05) is 4.90 Å². The van der Waals surface area contributed by atoms with Gasteiger partial charge in [0, 0.05) is 38.9 Å². The molecular formula is C20H21F4N5O. The Balaban J connectivity index is 1.51. The number of guanidine groups is 1. The molecule has 0 spiro atoms. The zero-order chi connectivity index (χ0) is 21.7. The van der Waals surface area contributed by atoms with Gasteiger partial charge in [-0.05, 0) is 36.4 Å². The molecule has 1 amide bonds. The molecule has 0 saturated carbocycles. The first kappa shape index (κ1) is 21.4. The van der Waals surface area contributed by atoms with Crippen LogP contribution in [0, 0.1) is 23.3 Å². The number of carbonyl (C=O) groups excluding carboxylic acids is 1. The van der Waals surface area contributed by atoms with Crippen molar-refractivity contribution in [3.63, 3.8) is 0 Å². The van der Waals surface area contributed by atoms with Gasteiger partial charge in [-0.1, -0.05) is 0 Å². The van der Waals surface area contributed by atoms with Crippen molar-refractivity contribution in [3.05, 3.63) is 59.7 Å². The van der Waals surface area contributed by atoms with E-state index >= 15 is 0 Å². The van der Waals surface area contributed by atoms with Gasteiger partial charge < -0.3 is 20.4 Å². The van der Waals surface area contributed by atoms with Crippen molar-refractivity contribution < 1.29 is 22.4 Å². The van der Waals surface area contributed by atoms with E-state index in [0.717, 1.165) is 17.8 Å². The van der Waals surface area contributed by atoms with Crippen LogP contribution in [0.25, 0.3) is 0 Å². The number of piperazine rings is 1. The Kier molecular flexibility index (Phi) is 6.76. The van der Waals surface area contributed by atoms with Crippen molar-refractivity contribution in [3.8, 4) is 0 Å². The highest BCUT2D eigenvalue weighted by molar-refractivity contribution is 5.95. The highest BCUT2D eigenvalue weighted by Crippen LogP contribution is 2.19. The highest BCUT2D eigenvalue weighted by Gasteiger charge is 2.21. The van der Waals surface area contributed by atoms with E-state index in [2.05, 4.69) is 20.5 Å². The monoisotopic (exact) mass is 423 g/mol. The minimum atomic E-state index is -1.64. The number of hydrogen-bond acceptors (Lipinski definition) is 3. The standard InChI is InChI=1S/C20H21F4N5O/c1-25-20(26-12-17(30)27-16-7-6-15(22)18(23)19(16)24)29-10-8-28(9-11-29)14-4-2-13(21)3-5-14/h2-7H,8-12H2,1H3,(H,25,26)(H,27,30). The summed E-state index contributed by atoms with van der Waals surface area (Å²) in [6.45, 7) is 2.37. The summed E-state index contributed by atoms with van der Waals surface area (Å²) in [5, 5.41) is 5.07. The van der Waals surface area contributed by atoms with E-state index < -0.39 is 29.0 Å². The SMILES string of the molecule is CN=C(NCC(=O)Nc1ccc(F)c(F)c1F)N1CCN(c2ccc(F)cc2)CC1. The lowest BCUT2D eigenvalue weighted by molar-refractivity contribution is -0.115. The number of hydrogen-bond donors (Lipinski definition) is 2. The van der Waals surface area contributed by atoms with Crippen LogP contribution in [0.5, 0.6) is 0 Å². The third kappa shape index (κ3) is 5.00. The summed E-state index contributed by atoms with van der Waals surface area (Å²) in [5.41, 5.74) is 0.482. The van der Waals surface area contributed by atoms with Crippen molar-refractivity contribution in [2.24, 2.45) is 4.99 Å². The Bertz CT molecular complexity index is 928. The van der Waals surface area contributed by atoms with Crippen LogP contribution in [0.1, 0.15) is 0 Å². The van der Waals surface area contributed by atoms with Gasteiger partial charge >= 0.3 is 0 Å². The maximum absolute atomic E-state index is 13.7. The average Bonchev–Trinajstić information content (AvgIpc) is 2.75. The van der Waals surface area contributed by atoms with Gasteiger partial charge in [-0.25, -0.2) is 17.6 Å². The van der Waals surface area contributed by atoms with Crippen molar-refractivity contribution in [2.75, 3.05) is 50.0 Å². The van der Waals surface area contributed by atoms with Crippen LogP contribution in [-0.4, -0.2) is 56.5 Å². The fourth-order valence-corrected chi connectivity index (χ4v) is 3.14. The lowest BCUT2D eigenvalue weighted by Gasteiger charge is -2.37. The number of nitrogens with one attached hydrogen (secondary N) is 2. The van der Waals surface area contributed by atoms with Gasteiger partial charge in [0.15, 0.2) is 23.4 Å². The summed E-state index contributed by atoms with van der Waals surface area (Å²) in [6.07, 6.45) is 0. The molecule has 10 heteroatoms. The lowest BCUT2D eigenvalue weighted by Crippen LogP contribution is -2.53. The maximum Gasteiger partial charge on any atom is 0.243 e. The third-order valence-electron chi connectivity index (χ3n) is 4.70. The van der Waals surface area contributed by atoms with Gasteiger partial charge in [0.05, 0.1) is 12.2 Å². The minimum absolute atomic E-state index is 0.233. The first-order valence-electron chi connectivity index (χ1n) is 9.28. The van der Waals surface area contributed by atoms with E-state index in [1.165, 1.54) is 12.1 Å². The minimum Gasteiger partial charge on any atom is -0.368 e. The molecule has 160 valence electrons. The van der Waals surface area contributed by atoms with Crippen LogP contribution >= 0.6 is 0 Å². The van der Waals surface area contributed by atoms with Crippen LogP contribution in [0.4, 0.5) is 28.9 Å². The molecule has 0 aliphatic carbocycles. The van der Waals surface area contributed by atoms with E-state index in [-0.39, 0.29) is 12.4 Å². The molecular weight excluding hydrogens is 402 g/mol. The Morgan fingerprint density at radius 2 is 1.63 bits per heavy atom. The van der Waals surface area contributed by atoms with E-state index in [9.17, 15) is 22.4 Å². The Morgan fingerprint density at radius 1 is 0.967 bits per heavy atom. The molecule has 1 aliphatic rings. The zero-order valence-corrected chi connectivity index (χ0v) is 16.3. The van der Waals surface area contributed by atoms with Gasteiger partial charge in [-0.2, -0.15) is 0 Å². The summed E-state index contributed by atoms with van der Waals surface area (Å²) in [6, 6.07) is 7.96. The van der Waals surface area contributed by atoms with Gasteiger partial charge in [0.1, 0.15) is 5.82 Å². The van der Waals surface area contributed by atoms with E-state index in [1.54, 1.807) is 19.2 Å². The number of benzene rings is 2. The van der Waals surface area contributed by atoms with Crippen molar-refractivity contribution in [1.82, 2.24) is 10.2 Å². The molecule has 0 unspecified atom stereocenters. The molecule has 0 aromatic heterocycles. The van der Waals surface area contributed by atoms with Crippen LogP contribution in [0.15, 0.2) is 41.4 Å². The third-order valence-corrected chi connectivity index (χ3v) is 4.70. The first-order chi connectivity index (χ1) is 14.4. The maximum atomic E-state index is 13.7. The highest BCUT2D eigenvalue weighted by atomic mass is 19.2. The Hall–Kier alpha value is -3.30. The topological polar surface area (TPSA) is 60.0 Å². The average molecular weight is 423 g/mol. The lowest BCUT2D eigenvalue weighted by atomic mass is 10.2. The quantitative estimate of drug-likeness (QED) is 0.344. The summed E-state index contributed by atoms with van der Waals surface area (Å²) in [4.78, 5) is 20.3. The summed E-state index contributed by atoms with van der Waals surface area (Å²) in [5.74, 6) is -4.87. The first-order valence-corrected chi connectivity index (χ1v) is 9.28. The number of halogens is 4. The second kappa shape index (κ2) is 9.47. The summed E-state index contributed by atoms with van der Waals surface area (Å²) < 4.78 is 53.0. The van der Waals surface area contributed by atoms with Crippen molar-refractivity contribution in [1.29, 1.82) is 0 Å². The van der Waals surface area contributed by atoms with Crippen LogP contribution in [0.2, 0.25) is 0 Å². The largest absolute Gasteiger partial charge is 0.368 e. The molecule has 1 saturated heterocycles. The number of carbonyl (C=O) groups is 1. The van der Waals surface area contributed by atoms with Crippen LogP contribution < -0.4 is 15.5 Å². The Morgan fingerprint density at radius 3 is 2.27 bits per heavy atom. The van der Waals surface area contributed by atoms with Crippen LogP contribution in [0.3, 0.4) is 0 Å². The van der Waals surface area contributed by atoms with Gasteiger partial charge in [-0.3, -0.25) is 9.79 Å². The molecule has 0 atom stereocenters. The number of aliphatic imine (C=N–C) groups is 1. The molecule has 2 aromatic rings. The summed E-state index contributed by atoms with van der Waals surface area (Å²) >= 11 is 0. The molecule has 3 rings (SSSR count). The molecule has 2 N–H and O–H groups in total. The molecule has 1 aliphatic heterocycles. The zero-order valence-electron chi connectivity index (χ0n) is 16.3. The number of amides is 1. The molecule has 1 fully saturated rings. The van der Waals surface area contributed by atoms with Gasteiger partial charge in [0.2, 0.25) is 5.91 Å². The molecule has 6 nitrogen and oxygen atoms in total. The predicted molar refractivity (Wildman–Crippen MR) is 106 cm³/mol. The summed E-state index contributed by atoms with van der Waals surface area (Å²) in [7, 11) is 1.57. The number of anilines is 2. The molecule has 0 radical (unpaired) electrons. The van der Waals surface area contributed by atoms with Crippen molar-refractivity contribution >= 4 is 23.2 Å². The second-order valence-electron chi connectivity index (χ2n) is 6.62. The number of nitrogens with zero attached hydrogens (tertiary/aromatic N) is 3. The number of rotatable bonds is 4. The smallest absolute Gasteiger partial charge is 0.243 e. The van der Waals surface area contributed by atoms with Gasteiger partial charge in [0.25, 0.3) is 0 Å². The van der Waals surface area contributed by atoms with Gasteiger partial charge in [-0.15, -0.1) is 0 Å². The second-order valence-corrected chi connectivity index (χ2v) is 6.62. The fourth-order valence-electron chi connectivity index (χ4n) is 3.14. The fraction of sp³-hybridized carbons (Fsp3) is 0.300. The van der Waals surface area contributed by atoms with E-state index in [4.69, 9.17) is 0 Å². The Labute approximate surface area is 171 Å². The molecule has 30 heavy (non-hydrogen) atoms. The molecule has 1 heterocycles. The normalized spacial score (nSPS) is 14.6. The predicted octanol–water partition coefficient (Wildman–Crippen LogP) is 2.58. The molecule has 0 bridgehead atoms. The molecule has 2 aromatic carbocycles. The van der Waals surface area contributed by atoms with E-state index in [0.29, 0.717) is 32.1 Å². The van der Waals surface area contributed by atoms with Crippen LogP contribution in [-0.2, 0) is 4.79 Å².